The predicted octanol–water partition coefficient (Wildman–Crippen LogP) is 6.56. The molecule has 1 aliphatic rings. The molecule has 0 bridgehead atoms. The molecule has 3 unspecified atom stereocenters. The van der Waals surface area contributed by atoms with E-state index in [0.29, 0.717) is 12.3 Å². The Morgan fingerprint density at radius 3 is 2.29 bits per heavy atom. The van der Waals surface area contributed by atoms with E-state index in [2.05, 4.69) is 42.2 Å². The number of aliphatic carboxylic acids is 1. The van der Waals surface area contributed by atoms with Crippen molar-refractivity contribution in [2.75, 3.05) is 31.3 Å². The Labute approximate surface area is 432 Å². The van der Waals surface area contributed by atoms with Crippen LogP contribution in [0.25, 0.3) is 0 Å². The van der Waals surface area contributed by atoms with E-state index in [9.17, 15) is 53.4 Å². The number of carboxylic acids is 1. The summed E-state index contributed by atoms with van der Waals surface area (Å²) >= 11 is 1.12. The number of unbranched alkanes of at least 4 members (excludes halogenated alkanes) is 8. The Kier molecular flexibility index (Phi) is 32.7. The highest BCUT2D eigenvalue weighted by Gasteiger charge is 2.46. The number of allylic oxidation sites excluding steroid dienone is 7. The molecule has 1 aromatic heterocycles. The minimum absolute atomic E-state index is 0.0553. The molecule has 1 fully saturated rings. The number of hydrogen-bond acceptors (Lipinski definition) is 19. The van der Waals surface area contributed by atoms with Crippen LogP contribution in [0.15, 0.2) is 65.7 Å². The molecule has 1 aromatic rings. The number of aromatic nitrogens is 2. The number of phosphoric acid groups is 2. The number of aliphatic hydroxyl groups is 3. The van der Waals surface area contributed by atoms with Gasteiger partial charge in [-0.3, -0.25) is 28.0 Å². The van der Waals surface area contributed by atoms with Crippen molar-refractivity contribution in [1.82, 2.24) is 9.55 Å². The largest absolute Gasteiger partial charge is 0.481 e. The quantitative estimate of drug-likeness (QED) is 0.0113. The van der Waals surface area contributed by atoms with Crippen LogP contribution >= 0.6 is 27.4 Å². The maximum atomic E-state index is 13.2. The van der Waals surface area contributed by atoms with Crippen molar-refractivity contribution in [2.45, 2.75) is 178 Å². The number of nitrogens with zero attached hydrogens (tertiary/aromatic N) is 2. The van der Waals surface area contributed by atoms with E-state index in [-0.39, 0.29) is 37.3 Å². The van der Waals surface area contributed by atoms with E-state index in [0.717, 1.165) is 86.7 Å². The number of thioether (sulfide) groups is 1. The number of hydrogen-bond donors (Lipinski definition) is 8. The Hall–Kier alpha value is -3.54. The molecule has 2 heterocycles. The van der Waals surface area contributed by atoms with Crippen LogP contribution in [0.3, 0.4) is 0 Å². The molecule has 0 amide bonds. The Balaban J connectivity index is 2.07. The summed E-state index contributed by atoms with van der Waals surface area (Å²) in [7, 11) is -11.1. The lowest BCUT2D eigenvalue weighted by molar-refractivity contribution is -0.161. The molecule has 0 radical (unpaired) electrons. The van der Waals surface area contributed by atoms with Crippen molar-refractivity contribution in [3.05, 3.63) is 71.4 Å². The highest BCUT2D eigenvalue weighted by Crippen LogP contribution is 2.60. The molecular weight excluding hydrogens is 1010 g/mol. The zero-order chi connectivity index (χ0) is 54.2. The molecule has 1 saturated heterocycles. The van der Waals surface area contributed by atoms with Gasteiger partial charge in [-0.2, -0.15) is 9.29 Å². The number of carboxylic acid groups (broad SMARTS) is 1. The number of ether oxygens (including phenoxy) is 3. The fraction of sp³-hybridized carbons (Fsp3) is 0.688. The van der Waals surface area contributed by atoms with Gasteiger partial charge in [-0.25, -0.2) is 13.9 Å². The smallest absolute Gasteiger partial charge is 0.481 e. The molecule has 2 rings (SSSR count). The van der Waals surface area contributed by atoms with Crippen LogP contribution in [-0.2, 0) is 51.1 Å². The van der Waals surface area contributed by atoms with Gasteiger partial charge in [0.25, 0.3) is 0 Å². The lowest BCUT2D eigenvalue weighted by Crippen LogP contribution is -2.38. The van der Waals surface area contributed by atoms with Crippen LogP contribution in [0, 0.1) is 5.92 Å². The third-order valence-corrected chi connectivity index (χ3v) is 15.5. The second-order valence-corrected chi connectivity index (χ2v) is 22.0. The summed E-state index contributed by atoms with van der Waals surface area (Å²) in [5.74, 6) is -2.29. The fourth-order valence-electron chi connectivity index (χ4n) is 7.02. The molecule has 0 spiro atoms. The van der Waals surface area contributed by atoms with E-state index in [1.54, 1.807) is 18.2 Å². The van der Waals surface area contributed by atoms with Gasteiger partial charge in [0.2, 0.25) is 0 Å². The van der Waals surface area contributed by atoms with E-state index in [1.807, 2.05) is 18.2 Å². The first kappa shape index (κ1) is 65.6. The van der Waals surface area contributed by atoms with Crippen LogP contribution in [0.2, 0.25) is 0 Å². The minimum Gasteiger partial charge on any atom is -0.481 e. The lowest BCUT2D eigenvalue weighted by Gasteiger charge is -2.23. The molecule has 416 valence electrons. The first-order chi connectivity index (χ1) is 34.7. The number of carbonyl (C=O) groups is 3. The monoisotopic (exact) mass is 1090 g/mol. The third-order valence-electron chi connectivity index (χ3n) is 11.5. The number of carbonyl (C=O) groups excluding carboxylic acids is 2. The van der Waals surface area contributed by atoms with Crippen molar-refractivity contribution >= 4 is 51.1 Å². The SMILES string of the molecule is CCCCC/C=C\C\C=C/C=C/C=C/[C@@H](SC[C@H](N)C(=O)OC[C@H](COP(=O)(O)OP(=O)(O)OC[C@H]1O[C@@H](n2ccc(N)nc2=O)[C@H](O)[C@@H]1O)OC(=O)CCCCCCCCC(C)CC)[C@@H](O)CCCC(=O)O. The molecule has 73 heavy (non-hydrogen) atoms. The first-order valence-electron chi connectivity index (χ1n) is 25.0. The maximum Gasteiger partial charge on any atom is 0.481 e. The molecule has 0 aromatic carbocycles. The van der Waals surface area contributed by atoms with Gasteiger partial charge in [0, 0.05) is 30.0 Å². The minimum atomic E-state index is -5.55. The summed E-state index contributed by atoms with van der Waals surface area (Å²) in [6.07, 6.45) is 20.1. The van der Waals surface area contributed by atoms with Gasteiger partial charge in [-0.15, -0.1) is 11.8 Å². The second kappa shape index (κ2) is 36.4. The van der Waals surface area contributed by atoms with Crippen LogP contribution < -0.4 is 17.2 Å². The number of anilines is 1. The Morgan fingerprint density at radius 2 is 1.59 bits per heavy atom. The van der Waals surface area contributed by atoms with Gasteiger partial charge in [-0.05, 0) is 50.5 Å². The topological polar surface area (TPSA) is 349 Å². The third kappa shape index (κ3) is 28.8. The van der Waals surface area contributed by atoms with Crippen molar-refractivity contribution in [3.63, 3.8) is 0 Å². The van der Waals surface area contributed by atoms with Crippen molar-refractivity contribution in [1.29, 1.82) is 0 Å². The number of phosphoric ester groups is 2. The Morgan fingerprint density at radius 1 is 0.890 bits per heavy atom. The zero-order valence-electron chi connectivity index (χ0n) is 42.3. The van der Waals surface area contributed by atoms with Crippen molar-refractivity contribution in [2.24, 2.45) is 11.7 Å². The maximum absolute atomic E-state index is 13.2. The standard InChI is InChI=1S/C48H80N4O18P2S/c1-4-6-7-8-9-10-11-12-13-14-18-21-26-40(38(53)25-23-27-42(54)55)73-34-37(49)47(59)65-31-36(68-43(56)28-22-19-16-15-17-20-24-35(3)5-2)32-66-71(61,62)70-72(63,64)67-33-39-44(57)45(58)46(69-39)52-30-29-41(50)51-48(52)60/h9-10,12-14,18,21,26,29-30,35-40,44-46,53,57-58H,4-8,11,15-17,19-20,22-25,27-28,31-34,49H2,1-3H3,(H,54,55)(H,61,62)(H,63,64)(H2,50,51,60)/b10-9-,13-12-,18-14+,26-21+/t35?,36-,37+,38+,39-,40-,44-,45-,46-/m1/s1. The number of nitrogens with two attached hydrogens (primary N) is 2. The molecule has 11 atom stereocenters. The van der Waals surface area contributed by atoms with Gasteiger partial charge in [0.05, 0.1) is 19.3 Å². The van der Waals surface area contributed by atoms with Gasteiger partial charge in [-0.1, -0.05) is 127 Å². The van der Waals surface area contributed by atoms with Crippen LogP contribution in [0.4, 0.5) is 5.82 Å². The highest BCUT2D eigenvalue weighted by molar-refractivity contribution is 8.00. The first-order valence-corrected chi connectivity index (χ1v) is 29.0. The Bertz CT molecular complexity index is 2060. The number of esters is 2. The van der Waals surface area contributed by atoms with Crippen molar-refractivity contribution < 1.29 is 81.3 Å². The van der Waals surface area contributed by atoms with E-state index in [1.165, 1.54) is 18.9 Å². The van der Waals surface area contributed by atoms with E-state index >= 15 is 0 Å². The molecule has 1 aliphatic heterocycles. The van der Waals surface area contributed by atoms with Gasteiger partial charge in [0.15, 0.2) is 12.3 Å². The van der Waals surface area contributed by atoms with Crippen LogP contribution in [-0.4, -0.2) is 125 Å². The summed E-state index contributed by atoms with van der Waals surface area (Å²) < 4.78 is 56.8. The van der Waals surface area contributed by atoms with Crippen molar-refractivity contribution in [3.8, 4) is 0 Å². The molecule has 22 nitrogen and oxygen atoms in total. The molecule has 0 saturated carbocycles. The number of aliphatic hydroxyl groups excluding tert-OH is 3. The fourth-order valence-corrected chi connectivity index (χ4v) is 10.3. The lowest BCUT2D eigenvalue weighted by atomic mass is 10.00. The second-order valence-electron chi connectivity index (χ2n) is 17.8. The summed E-state index contributed by atoms with van der Waals surface area (Å²) in [5.41, 5.74) is 10.7. The van der Waals surface area contributed by atoms with E-state index in [4.69, 9.17) is 39.8 Å². The van der Waals surface area contributed by atoms with Crippen LogP contribution in [0.1, 0.15) is 136 Å². The highest BCUT2D eigenvalue weighted by atomic mass is 32.2. The summed E-state index contributed by atoms with van der Waals surface area (Å²) in [5, 5.41) is 40.4. The molecular formula is C48H80N4O18P2S. The average Bonchev–Trinajstić information content (AvgIpc) is 3.61. The average molecular weight is 1100 g/mol. The number of nitrogen functional groups attached to an aromatic ring is 1. The van der Waals surface area contributed by atoms with Gasteiger partial charge < -0.3 is 55.9 Å². The number of rotatable bonds is 40. The normalized spacial score (nSPS) is 21.1. The zero-order valence-corrected chi connectivity index (χ0v) is 44.9. The van der Waals surface area contributed by atoms with E-state index < -0.39 is 107 Å². The van der Waals surface area contributed by atoms with Gasteiger partial charge >= 0.3 is 39.2 Å². The summed E-state index contributed by atoms with van der Waals surface area (Å²) in [6, 6.07) is -0.0744. The molecule has 10 N–H and O–H groups in total. The van der Waals surface area contributed by atoms with Gasteiger partial charge in [0.1, 0.15) is 36.8 Å². The summed E-state index contributed by atoms with van der Waals surface area (Å²) in [6.45, 7) is 3.80. The molecule has 25 heteroatoms. The molecule has 0 aliphatic carbocycles. The van der Waals surface area contributed by atoms with Crippen LogP contribution in [0.5, 0.6) is 0 Å². The predicted molar refractivity (Wildman–Crippen MR) is 276 cm³/mol. The summed E-state index contributed by atoms with van der Waals surface area (Å²) in [4.78, 5) is 73.7.